The van der Waals surface area contributed by atoms with Crippen molar-refractivity contribution < 1.29 is 0 Å². The predicted molar refractivity (Wildman–Crippen MR) is 32.5 cm³/mol. The molecule has 0 heterocycles. The molecule has 2 heteroatoms. The summed E-state index contributed by atoms with van der Waals surface area (Å²) < 4.78 is 0. The zero-order valence-corrected chi connectivity index (χ0v) is 5.41. The quantitative estimate of drug-likeness (QED) is 0.420. The summed E-state index contributed by atoms with van der Waals surface area (Å²) in [5, 5.41) is 3.23. The van der Waals surface area contributed by atoms with Crippen molar-refractivity contribution >= 4 is 8.73 Å². The fraction of sp³-hybridized carbons (Fsp3) is 1.00. The third-order valence-corrected chi connectivity index (χ3v) is 1.44. The summed E-state index contributed by atoms with van der Waals surface area (Å²) in [6.45, 7) is 5.43. The lowest BCUT2D eigenvalue weighted by Crippen LogP contribution is -1.97. The van der Waals surface area contributed by atoms with E-state index in [1.165, 1.54) is 6.16 Å². The van der Waals surface area contributed by atoms with Gasteiger partial charge in [-0.05, 0) is 12.7 Å². The predicted octanol–water partition coefficient (Wildman–Crippen LogP) is 1.21. The molecule has 0 saturated heterocycles. The molecule has 0 aliphatic heterocycles. The average Bonchev–Trinajstić information content (AvgIpc) is 1.61. The van der Waals surface area contributed by atoms with E-state index in [-0.39, 0.29) is 0 Å². The summed E-state index contributed by atoms with van der Waals surface area (Å²) in [5.74, 6) is 0. The van der Waals surface area contributed by atoms with E-state index >= 15 is 0 Å². The first-order valence-electron chi connectivity index (χ1n) is 2.37. The highest BCUT2D eigenvalue weighted by Gasteiger charge is 1.70. The molecule has 0 aromatic heterocycles. The van der Waals surface area contributed by atoms with Gasteiger partial charge in [-0.1, -0.05) is 22.6 Å². The van der Waals surface area contributed by atoms with E-state index in [2.05, 4.69) is 18.9 Å². The van der Waals surface area contributed by atoms with Crippen molar-refractivity contribution in [1.29, 1.82) is 0 Å². The third kappa shape index (κ3) is 4.39. The zero-order chi connectivity index (χ0) is 4.83. The van der Waals surface area contributed by atoms with Crippen LogP contribution in [0.2, 0.25) is 0 Å². The van der Waals surface area contributed by atoms with Crippen molar-refractivity contribution in [2.24, 2.45) is 0 Å². The fourth-order valence-electron chi connectivity index (χ4n) is 0.250. The number of nitrogens with one attached hydrogen (secondary N) is 1. The second-order valence-corrected chi connectivity index (χ2v) is 2.47. The molecule has 0 radical (unpaired) electrons. The Labute approximate surface area is 41.4 Å². The van der Waals surface area contributed by atoms with E-state index in [9.17, 15) is 0 Å². The molecule has 1 nitrogen and oxygen atoms in total. The van der Waals surface area contributed by atoms with Crippen molar-refractivity contribution in [2.75, 3.05) is 12.7 Å². The Kier molecular flexibility index (Phi) is 5.74. The number of hydrogen-bond donors (Lipinski definition) is 1. The number of rotatable bonds is 3. The van der Waals surface area contributed by atoms with E-state index in [1.54, 1.807) is 0 Å². The first-order valence-corrected chi connectivity index (χ1v) is 3.58. The molecule has 0 aliphatic rings. The van der Waals surface area contributed by atoms with Crippen molar-refractivity contribution in [1.82, 2.24) is 5.09 Å². The molecule has 0 aromatic rings. The van der Waals surface area contributed by atoms with Crippen molar-refractivity contribution in [2.45, 2.75) is 13.8 Å². The van der Waals surface area contributed by atoms with Crippen molar-refractivity contribution in [3.05, 3.63) is 0 Å². The minimum Gasteiger partial charge on any atom is -0.298 e. The molecule has 0 fully saturated rings. The first kappa shape index (κ1) is 6.39. The number of hydrogen-bond acceptors (Lipinski definition) is 1. The van der Waals surface area contributed by atoms with Gasteiger partial charge >= 0.3 is 0 Å². The Morgan fingerprint density at radius 2 is 2.17 bits per heavy atom. The Bertz CT molecular complexity index is 19.5. The van der Waals surface area contributed by atoms with Gasteiger partial charge in [-0.2, -0.15) is 0 Å². The van der Waals surface area contributed by atoms with E-state index in [1.807, 2.05) is 0 Å². The van der Waals surface area contributed by atoms with E-state index in [0.29, 0.717) is 0 Å². The van der Waals surface area contributed by atoms with Crippen LogP contribution in [-0.4, -0.2) is 12.7 Å². The molecule has 0 aromatic carbocycles. The standard InChI is InChI=1S/C4H12NP/c1-3-5-6-4-2/h5-6H,3-4H2,1-2H3. The smallest absolute Gasteiger partial charge is 0.00406 e. The molecule has 0 rings (SSSR count). The second kappa shape index (κ2) is 5.39. The van der Waals surface area contributed by atoms with Crippen molar-refractivity contribution in [3.8, 4) is 0 Å². The summed E-state index contributed by atoms with van der Waals surface area (Å²) >= 11 is 0. The molecule has 0 bridgehead atoms. The van der Waals surface area contributed by atoms with Crippen LogP contribution < -0.4 is 5.09 Å². The third-order valence-electron chi connectivity index (χ3n) is 0.479. The summed E-state index contributed by atoms with van der Waals surface area (Å²) in [7, 11) is 0.965. The highest BCUT2D eigenvalue weighted by Crippen LogP contribution is 1.97. The summed E-state index contributed by atoms with van der Waals surface area (Å²) in [5.41, 5.74) is 0. The molecular weight excluding hydrogens is 93.0 g/mol. The van der Waals surface area contributed by atoms with Crippen LogP contribution in [0.3, 0.4) is 0 Å². The largest absolute Gasteiger partial charge is 0.298 e. The van der Waals surface area contributed by atoms with Crippen LogP contribution in [-0.2, 0) is 0 Å². The molecule has 1 N–H and O–H groups in total. The Balaban J connectivity index is 2.34. The lowest BCUT2D eigenvalue weighted by molar-refractivity contribution is 1.02. The van der Waals surface area contributed by atoms with E-state index in [4.69, 9.17) is 0 Å². The van der Waals surface area contributed by atoms with Gasteiger partial charge in [-0.3, -0.25) is 5.09 Å². The molecule has 0 amide bonds. The molecule has 6 heavy (non-hydrogen) atoms. The lowest BCUT2D eigenvalue weighted by atomic mass is 10.8. The van der Waals surface area contributed by atoms with Crippen LogP contribution in [0.5, 0.6) is 0 Å². The molecule has 1 unspecified atom stereocenters. The topological polar surface area (TPSA) is 12.0 Å². The molecule has 0 saturated carbocycles. The molecule has 0 spiro atoms. The Morgan fingerprint density at radius 1 is 1.50 bits per heavy atom. The van der Waals surface area contributed by atoms with Crippen LogP contribution >= 0.6 is 8.73 Å². The molecular formula is C4H12NP. The normalized spacial score (nSPS) is 11.0. The minimum absolute atomic E-state index is 0.965. The van der Waals surface area contributed by atoms with E-state index < -0.39 is 0 Å². The van der Waals surface area contributed by atoms with Gasteiger partial charge in [0, 0.05) is 0 Å². The minimum atomic E-state index is 0.965. The van der Waals surface area contributed by atoms with Crippen LogP contribution in [0.15, 0.2) is 0 Å². The van der Waals surface area contributed by atoms with Gasteiger partial charge in [0.15, 0.2) is 0 Å². The maximum Gasteiger partial charge on any atom is -0.00406 e. The second-order valence-electron chi connectivity index (χ2n) is 1.06. The van der Waals surface area contributed by atoms with Crippen LogP contribution in [0.4, 0.5) is 0 Å². The fourth-order valence-corrected chi connectivity index (χ4v) is 0.750. The van der Waals surface area contributed by atoms with Gasteiger partial charge in [-0.15, -0.1) is 0 Å². The van der Waals surface area contributed by atoms with Crippen LogP contribution in [0, 0.1) is 0 Å². The lowest BCUT2D eigenvalue weighted by Gasteiger charge is -1.92. The maximum absolute atomic E-state index is 3.23. The van der Waals surface area contributed by atoms with Gasteiger partial charge in [0.25, 0.3) is 0 Å². The highest BCUT2D eigenvalue weighted by atomic mass is 31.1. The first-order chi connectivity index (χ1) is 2.91. The zero-order valence-electron chi connectivity index (χ0n) is 4.41. The molecule has 1 atom stereocenters. The molecule has 0 aliphatic carbocycles. The van der Waals surface area contributed by atoms with Gasteiger partial charge < -0.3 is 0 Å². The van der Waals surface area contributed by atoms with Crippen LogP contribution in [0.25, 0.3) is 0 Å². The summed E-state index contributed by atoms with van der Waals surface area (Å²) in [6.07, 6.45) is 1.27. The highest BCUT2D eigenvalue weighted by molar-refractivity contribution is 7.35. The van der Waals surface area contributed by atoms with Gasteiger partial charge in [0.2, 0.25) is 0 Å². The van der Waals surface area contributed by atoms with Crippen LogP contribution in [0.1, 0.15) is 13.8 Å². The monoisotopic (exact) mass is 105 g/mol. The van der Waals surface area contributed by atoms with E-state index in [0.717, 1.165) is 15.3 Å². The Hall–Kier alpha value is 0.390. The van der Waals surface area contributed by atoms with Crippen molar-refractivity contribution in [3.63, 3.8) is 0 Å². The van der Waals surface area contributed by atoms with Gasteiger partial charge in [0.1, 0.15) is 0 Å². The Morgan fingerprint density at radius 3 is 2.33 bits per heavy atom. The summed E-state index contributed by atoms with van der Waals surface area (Å²) in [6, 6.07) is 0. The average molecular weight is 105 g/mol. The molecule has 38 valence electrons. The SMILES string of the molecule is CCNPCC. The maximum atomic E-state index is 3.23. The summed E-state index contributed by atoms with van der Waals surface area (Å²) in [4.78, 5) is 0. The van der Waals surface area contributed by atoms with Gasteiger partial charge in [-0.25, -0.2) is 0 Å². The van der Waals surface area contributed by atoms with Gasteiger partial charge in [0.05, 0.1) is 0 Å².